The molecule has 5 rings (SSSR count). The van der Waals surface area contributed by atoms with Crippen molar-refractivity contribution in [3.05, 3.63) is 118 Å². The highest BCUT2D eigenvalue weighted by atomic mass is 35.5. The van der Waals surface area contributed by atoms with E-state index in [0.717, 1.165) is 38.4 Å². The Bertz CT molecular complexity index is 1770. The highest BCUT2D eigenvalue weighted by Gasteiger charge is 2.31. The molecule has 5 aromatic rings. The molecule has 0 radical (unpaired) electrons. The minimum Gasteiger partial charge on any atom is -0.481 e. The summed E-state index contributed by atoms with van der Waals surface area (Å²) in [6.07, 6.45) is 2.73. The molecule has 4 aromatic carbocycles. The molecule has 0 aliphatic rings. The van der Waals surface area contributed by atoms with Gasteiger partial charge in [0.15, 0.2) is 0 Å². The number of hydrazine groups is 1. The van der Waals surface area contributed by atoms with Gasteiger partial charge in [0.05, 0.1) is 16.5 Å². The number of nitrogens with one attached hydrogen (secondary N) is 2. The van der Waals surface area contributed by atoms with Crippen molar-refractivity contribution in [3.8, 4) is 0 Å². The number of likely N-dealkylation sites (N-methyl/N-ethyl adjacent to an activating group) is 2. The molecule has 0 saturated carbocycles. The van der Waals surface area contributed by atoms with Crippen LogP contribution in [-0.2, 0) is 29.0 Å². The lowest BCUT2D eigenvalue weighted by Crippen LogP contribution is -2.57. The number of rotatable bonds is 13. The number of nitrogens with zero attached hydrogens (tertiary/aromatic N) is 2. The predicted octanol–water partition coefficient (Wildman–Crippen LogP) is 7.11. The summed E-state index contributed by atoms with van der Waals surface area (Å²) in [4.78, 5) is 31.2. The zero-order valence-corrected chi connectivity index (χ0v) is 26.3. The van der Waals surface area contributed by atoms with E-state index >= 15 is 0 Å². The zero-order chi connectivity index (χ0) is 31.2. The number of hydrogen-bond acceptors (Lipinski definition) is 4. The monoisotopic (exact) mass is 630 g/mol. The maximum Gasteiger partial charge on any atom is 0.304 e. The Hall–Kier alpha value is -3.88. The Morgan fingerprint density at radius 2 is 1.61 bits per heavy atom. The van der Waals surface area contributed by atoms with E-state index in [2.05, 4.69) is 40.7 Å². The molecule has 7 nitrogen and oxygen atoms in total. The van der Waals surface area contributed by atoms with Crippen molar-refractivity contribution in [1.82, 2.24) is 20.3 Å². The number of benzene rings is 4. The number of halogens is 2. The topological polar surface area (TPSA) is 88.7 Å². The van der Waals surface area contributed by atoms with Crippen molar-refractivity contribution in [1.29, 1.82) is 0 Å². The van der Waals surface area contributed by atoms with Crippen LogP contribution in [-0.4, -0.2) is 57.6 Å². The smallest absolute Gasteiger partial charge is 0.304 e. The van der Waals surface area contributed by atoms with Gasteiger partial charge in [-0.25, -0.2) is 5.01 Å². The summed E-state index contributed by atoms with van der Waals surface area (Å²) in [6.45, 7) is 2.79. The lowest BCUT2D eigenvalue weighted by Gasteiger charge is -2.36. The minimum atomic E-state index is -0.910. The first-order chi connectivity index (χ1) is 21.2. The van der Waals surface area contributed by atoms with E-state index in [1.165, 1.54) is 0 Å². The van der Waals surface area contributed by atoms with Crippen molar-refractivity contribution in [3.63, 3.8) is 0 Å². The van der Waals surface area contributed by atoms with Crippen molar-refractivity contribution in [2.24, 2.45) is 0 Å². The second kappa shape index (κ2) is 14.3. The van der Waals surface area contributed by atoms with Gasteiger partial charge in [0.25, 0.3) is 0 Å². The van der Waals surface area contributed by atoms with Gasteiger partial charge in [0.1, 0.15) is 6.04 Å². The molecule has 0 unspecified atom stereocenters. The lowest BCUT2D eigenvalue weighted by atomic mass is 10.00. The second-order valence-corrected chi connectivity index (χ2v) is 11.9. The van der Waals surface area contributed by atoms with Crippen molar-refractivity contribution in [2.45, 2.75) is 44.8 Å². The summed E-state index contributed by atoms with van der Waals surface area (Å²) in [6, 6.07) is 26.6. The largest absolute Gasteiger partial charge is 0.481 e. The number of hydrogen-bond donors (Lipinski definition) is 3. The molecule has 1 heterocycles. The molecule has 3 N–H and O–H groups in total. The van der Waals surface area contributed by atoms with E-state index in [9.17, 15) is 14.7 Å². The summed E-state index contributed by atoms with van der Waals surface area (Å²) >= 11 is 12.4. The van der Waals surface area contributed by atoms with Crippen LogP contribution < -0.4 is 5.43 Å². The number of aromatic nitrogens is 1. The van der Waals surface area contributed by atoms with E-state index < -0.39 is 18.1 Å². The van der Waals surface area contributed by atoms with Crippen LogP contribution in [0.25, 0.3) is 21.7 Å². The van der Waals surface area contributed by atoms with E-state index in [1.54, 1.807) is 24.1 Å². The van der Waals surface area contributed by atoms with Crippen LogP contribution in [0, 0.1) is 0 Å². The van der Waals surface area contributed by atoms with E-state index in [-0.39, 0.29) is 12.3 Å². The maximum absolute atomic E-state index is 14.2. The molecule has 0 aliphatic carbocycles. The zero-order valence-electron chi connectivity index (χ0n) is 24.8. The van der Waals surface area contributed by atoms with Crippen LogP contribution in [0.15, 0.2) is 91.1 Å². The van der Waals surface area contributed by atoms with Gasteiger partial charge in [-0.3, -0.25) is 15.0 Å². The standard InChI is InChI=1S/C35H36Cl2N4O3/c1-3-41(39-28(20-34(42)43)19-27-21-38-32-11-7-6-10-29(27)32)33(18-23-12-14-25-8-4-5-9-26(25)16-23)35(44)40(2)22-24-13-15-30(36)31(37)17-24/h4-17,21,28,33,38-39H,3,18-20,22H2,1-2H3,(H,42,43)/t28-,33-/m0/s1. The number of amides is 1. The summed E-state index contributed by atoms with van der Waals surface area (Å²) in [5.41, 5.74) is 7.35. The molecule has 228 valence electrons. The van der Waals surface area contributed by atoms with Crippen LogP contribution in [0.1, 0.15) is 30.0 Å². The fourth-order valence-corrected chi connectivity index (χ4v) is 6.06. The molecular formula is C35H36Cl2N4O3. The average Bonchev–Trinajstić information content (AvgIpc) is 3.42. The molecule has 0 saturated heterocycles. The van der Waals surface area contributed by atoms with Gasteiger partial charge in [0.2, 0.25) is 5.91 Å². The van der Waals surface area contributed by atoms with Crippen LogP contribution in [0.3, 0.4) is 0 Å². The Morgan fingerprint density at radius 1 is 0.886 bits per heavy atom. The number of fused-ring (bicyclic) bond motifs is 2. The first-order valence-corrected chi connectivity index (χ1v) is 15.4. The molecule has 1 amide bonds. The first kappa shape index (κ1) is 31.5. The molecule has 2 atom stereocenters. The molecule has 9 heteroatoms. The Balaban J connectivity index is 1.44. The summed E-state index contributed by atoms with van der Waals surface area (Å²) < 4.78 is 0. The molecule has 0 aliphatic heterocycles. The summed E-state index contributed by atoms with van der Waals surface area (Å²) in [5, 5.41) is 15.9. The first-order valence-electron chi connectivity index (χ1n) is 14.7. The van der Waals surface area contributed by atoms with E-state index in [4.69, 9.17) is 23.2 Å². The van der Waals surface area contributed by atoms with E-state index in [1.807, 2.05) is 60.6 Å². The van der Waals surface area contributed by atoms with Gasteiger partial charge in [-0.05, 0) is 58.5 Å². The van der Waals surface area contributed by atoms with Crippen molar-refractivity contribution in [2.75, 3.05) is 13.6 Å². The number of carbonyl (C=O) groups is 2. The number of aromatic amines is 1. The number of carbonyl (C=O) groups excluding carboxylic acids is 1. The third-order valence-electron chi connectivity index (χ3n) is 7.94. The Labute approximate surface area is 267 Å². The molecule has 0 fully saturated rings. The average molecular weight is 632 g/mol. The predicted molar refractivity (Wildman–Crippen MR) is 178 cm³/mol. The quantitative estimate of drug-likeness (QED) is 0.121. The summed E-state index contributed by atoms with van der Waals surface area (Å²) in [5.74, 6) is -1.01. The summed E-state index contributed by atoms with van der Waals surface area (Å²) in [7, 11) is 1.77. The van der Waals surface area contributed by atoms with Gasteiger partial charge in [-0.15, -0.1) is 0 Å². The van der Waals surface area contributed by atoms with Gasteiger partial charge in [0, 0.05) is 43.3 Å². The molecule has 1 aromatic heterocycles. The lowest BCUT2D eigenvalue weighted by molar-refractivity contribution is -0.139. The highest BCUT2D eigenvalue weighted by molar-refractivity contribution is 6.42. The number of carboxylic acids is 1. The van der Waals surface area contributed by atoms with Gasteiger partial charge < -0.3 is 15.0 Å². The van der Waals surface area contributed by atoms with Crippen LogP contribution in [0.4, 0.5) is 0 Å². The second-order valence-electron chi connectivity index (χ2n) is 11.1. The normalized spacial score (nSPS) is 12.9. The van der Waals surface area contributed by atoms with Gasteiger partial charge in [-0.2, -0.15) is 0 Å². The van der Waals surface area contributed by atoms with Gasteiger partial charge >= 0.3 is 5.97 Å². The van der Waals surface area contributed by atoms with Crippen LogP contribution in [0.5, 0.6) is 0 Å². The van der Waals surface area contributed by atoms with Crippen LogP contribution in [0.2, 0.25) is 10.0 Å². The molecular weight excluding hydrogens is 595 g/mol. The van der Waals surface area contributed by atoms with Gasteiger partial charge in [-0.1, -0.05) is 96.9 Å². The number of H-pyrrole nitrogens is 1. The maximum atomic E-state index is 14.2. The highest BCUT2D eigenvalue weighted by Crippen LogP contribution is 2.25. The van der Waals surface area contributed by atoms with Crippen molar-refractivity contribution < 1.29 is 14.7 Å². The Kier molecular flexibility index (Phi) is 10.2. The fraction of sp³-hybridized carbons (Fsp3) is 0.257. The number of para-hydroxylation sites is 1. The molecule has 0 bridgehead atoms. The molecule has 44 heavy (non-hydrogen) atoms. The van der Waals surface area contributed by atoms with Crippen LogP contribution >= 0.6 is 23.2 Å². The number of carboxylic acid groups (broad SMARTS) is 1. The van der Waals surface area contributed by atoms with Crippen molar-refractivity contribution >= 4 is 56.8 Å². The van der Waals surface area contributed by atoms with E-state index in [0.29, 0.717) is 36.0 Å². The SMILES string of the molecule is CCN(N[C@H](CC(=O)O)Cc1c[nH]c2ccccc12)[C@@H](Cc1ccc2ccccc2c1)C(=O)N(C)Cc1ccc(Cl)c(Cl)c1. The fourth-order valence-electron chi connectivity index (χ4n) is 5.74. The molecule has 0 spiro atoms. The third kappa shape index (κ3) is 7.60. The third-order valence-corrected chi connectivity index (χ3v) is 8.67. The number of aliphatic carboxylic acids is 1. The minimum absolute atomic E-state index is 0.0975. The Morgan fingerprint density at radius 3 is 2.36 bits per heavy atom.